The molecule has 0 aliphatic carbocycles. The van der Waals surface area contributed by atoms with E-state index in [2.05, 4.69) is 4.98 Å². The van der Waals surface area contributed by atoms with Gasteiger partial charge in [-0.25, -0.2) is 13.8 Å². The van der Waals surface area contributed by atoms with E-state index in [9.17, 15) is 8.78 Å². The molecule has 0 unspecified atom stereocenters. The maximum Gasteiger partial charge on any atom is 0.256 e. The summed E-state index contributed by atoms with van der Waals surface area (Å²) in [6.45, 7) is 0. The topological polar surface area (TPSA) is 48.1 Å². The number of rotatable bonds is 2. The van der Waals surface area contributed by atoms with Crippen LogP contribution < -0.4 is 10.5 Å². The Bertz CT molecular complexity index is 500. The maximum atomic E-state index is 13.2. The van der Waals surface area contributed by atoms with Gasteiger partial charge < -0.3 is 10.5 Å². The van der Waals surface area contributed by atoms with Crippen LogP contribution in [0, 0.1) is 11.6 Å². The molecule has 2 rings (SSSR count). The molecule has 1 aromatic heterocycles. The first-order valence-electron chi connectivity index (χ1n) is 4.49. The Kier molecular flexibility index (Phi) is 2.68. The Morgan fingerprint density at radius 3 is 2.44 bits per heavy atom. The Morgan fingerprint density at radius 1 is 1.12 bits per heavy atom. The van der Waals surface area contributed by atoms with Crippen LogP contribution in [-0.2, 0) is 0 Å². The molecular weight excluding hydrogens is 214 g/mol. The van der Waals surface area contributed by atoms with Gasteiger partial charge in [0.25, 0.3) is 5.88 Å². The highest BCUT2D eigenvalue weighted by atomic mass is 19.1. The number of aromatic nitrogens is 1. The normalized spacial score (nSPS) is 10.1. The van der Waals surface area contributed by atoms with E-state index >= 15 is 0 Å². The predicted octanol–water partition coefficient (Wildman–Crippen LogP) is 2.73. The molecule has 0 atom stereocenters. The van der Waals surface area contributed by atoms with Crippen LogP contribution in [0.4, 0.5) is 14.5 Å². The number of hydrogen-bond acceptors (Lipinski definition) is 3. The lowest BCUT2D eigenvalue weighted by atomic mass is 10.3. The van der Waals surface area contributed by atoms with Gasteiger partial charge in [0.2, 0.25) is 0 Å². The first-order chi connectivity index (χ1) is 7.65. The average molecular weight is 222 g/mol. The second-order valence-electron chi connectivity index (χ2n) is 3.11. The molecule has 16 heavy (non-hydrogen) atoms. The fraction of sp³-hybridized carbons (Fsp3) is 0. The predicted molar refractivity (Wildman–Crippen MR) is 55.1 cm³/mol. The van der Waals surface area contributed by atoms with Gasteiger partial charge in [0, 0.05) is 11.8 Å². The first-order valence-corrected chi connectivity index (χ1v) is 4.49. The van der Waals surface area contributed by atoms with Crippen molar-refractivity contribution in [1.29, 1.82) is 0 Å². The third-order valence-electron chi connectivity index (χ3n) is 1.87. The van der Waals surface area contributed by atoms with Gasteiger partial charge in [0.15, 0.2) is 5.82 Å². The molecule has 82 valence electrons. The average Bonchev–Trinajstić information content (AvgIpc) is 2.25. The number of benzene rings is 1. The zero-order chi connectivity index (χ0) is 11.5. The van der Waals surface area contributed by atoms with E-state index in [-0.39, 0.29) is 5.88 Å². The van der Waals surface area contributed by atoms with E-state index in [1.807, 2.05) is 0 Å². The number of anilines is 1. The summed E-state index contributed by atoms with van der Waals surface area (Å²) < 4.78 is 30.8. The molecule has 1 heterocycles. The van der Waals surface area contributed by atoms with E-state index in [0.717, 1.165) is 6.20 Å². The Balaban J connectivity index is 2.23. The van der Waals surface area contributed by atoms with Gasteiger partial charge in [-0.15, -0.1) is 0 Å². The van der Waals surface area contributed by atoms with Crippen molar-refractivity contribution in [3.05, 3.63) is 48.2 Å². The molecule has 1 aromatic carbocycles. The van der Waals surface area contributed by atoms with Crippen molar-refractivity contribution in [2.24, 2.45) is 0 Å². The van der Waals surface area contributed by atoms with Gasteiger partial charge in [0.1, 0.15) is 11.6 Å². The standard InChI is InChI=1S/C11H8F2N2O/c12-7-5-10(13)11(15-6-7)16-9-3-1-8(14)2-4-9/h1-6H,14H2. The molecule has 0 aliphatic heterocycles. The van der Waals surface area contributed by atoms with Gasteiger partial charge in [-0.3, -0.25) is 0 Å². The third-order valence-corrected chi connectivity index (χ3v) is 1.87. The second-order valence-corrected chi connectivity index (χ2v) is 3.11. The van der Waals surface area contributed by atoms with Crippen molar-refractivity contribution in [3.63, 3.8) is 0 Å². The van der Waals surface area contributed by atoms with Crippen LogP contribution >= 0.6 is 0 Å². The highest BCUT2D eigenvalue weighted by Crippen LogP contribution is 2.22. The third kappa shape index (κ3) is 2.25. The minimum Gasteiger partial charge on any atom is -0.436 e. The van der Waals surface area contributed by atoms with Gasteiger partial charge in [0.05, 0.1) is 6.20 Å². The maximum absolute atomic E-state index is 13.2. The molecule has 0 bridgehead atoms. The molecule has 2 N–H and O–H groups in total. The van der Waals surface area contributed by atoms with Crippen LogP contribution in [0.1, 0.15) is 0 Å². The highest BCUT2D eigenvalue weighted by Gasteiger charge is 2.07. The molecular formula is C11H8F2N2O. The summed E-state index contributed by atoms with van der Waals surface area (Å²) in [5, 5.41) is 0. The number of nitrogens with zero attached hydrogens (tertiary/aromatic N) is 1. The lowest BCUT2D eigenvalue weighted by Gasteiger charge is -2.05. The number of halogens is 2. The van der Waals surface area contributed by atoms with Crippen molar-refractivity contribution < 1.29 is 13.5 Å². The van der Waals surface area contributed by atoms with E-state index in [1.54, 1.807) is 24.3 Å². The molecule has 0 spiro atoms. The minimum absolute atomic E-state index is 0.272. The van der Waals surface area contributed by atoms with E-state index in [0.29, 0.717) is 17.5 Å². The zero-order valence-corrected chi connectivity index (χ0v) is 8.15. The Morgan fingerprint density at radius 2 is 1.81 bits per heavy atom. The smallest absolute Gasteiger partial charge is 0.256 e. The van der Waals surface area contributed by atoms with Crippen molar-refractivity contribution >= 4 is 5.69 Å². The van der Waals surface area contributed by atoms with E-state index in [1.165, 1.54) is 0 Å². The molecule has 5 heteroatoms. The molecule has 0 fully saturated rings. The van der Waals surface area contributed by atoms with Crippen LogP contribution in [-0.4, -0.2) is 4.98 Å². The summed E-state index contributed by atoms with van der Waals surface area (Å²) in [6, 6.07) is 7.06. The largest absolute Gasteiger partial charge is 0.436 e. The molecule has 2 aromatic rings. The number of nitrogen functional groups attached to an aromatic ring is 1. The molecule has 0 amide bonds. The van der Waals surface area contributed by atoms with Crippen LogP contribution in [0.2, 0.25) is 0 Å². The quantitative estimate of drug-likeness (QED) is 0.795. The molecule has 0 radical (unpaired) electrons. The van der Waals surface area contributed by atoms with Gasteiger partial charge >= 0.3 is 0 Å². The van der Waals surface area contributed by atoms with Crippen LogP contribution in [0.5, 0.6) is 11.6 Å². The number of ether oxygens (including phenoxy) is 1. The molecule has 0 saturated carbocycles. The summed E-state index contributed by atoms with van der Waals surface area (Å²) in [6.07, 6.45) is 0.885. The SMILES string of the molecule is Nc1ccc(Oc2ncc(F)cc2F)cc1. The number of hydrogen-bond donors (Lipinski definition) is 1. The van der Waals surface area contributed by atoms with Gasteiger partial charge in [-0.1, -0.05) is 0 Å². The highest BCUT2D eigenvalue weighted by molar-refractivity contribution is 5.42. The van der Waals surface area contributed by atoms with E-state index < -0.39 is 11.6 Å². The lowest BCUT2D eigenvalue weighted by Crippen LogP contribution is -1.93. The summed E-state index contributed by atoms with van der Waals surface area (Å²) in [5.74, 6) is -1.49. The molecule has 0 aliphatic rings. The molecule has 0 saturated heterocycles. The van der Waals surface area contributed by atoms with Crippen molar-refractivity contribution in [3.8, 4) is 11.6 Å². The van der Waals surface area contributed by atoms with Crippen LogP contribution in [0.15, 0.2) is 36.5 Å². The minimum atomic E-state index is -0.850. The van der Waals surface area contributed by atoms with Crippen LogP contribution in [0.3, 0.4) is 0 Å². The van der Waals surface area contributed by atoms with Crippen LogP contribution in [0.25, 0.3) is 0 Å². The number of nitrogens with two attached hydrogens (primary N) is 1. The number of pyridine rings is 1. The summed E-state index contributed by atoms with van der Waals surface area (Å²) in [5.41, 5.74) is 6.04. The first kappa shape index (κ1) is 10.4. The fourth-order valence-corrected chi connectivity index (χ4v) is 1.12. The Hall–Kier alpha value is -2.17. The summed E-state index contributed by atoms with van der Waals surface area (Å²) >= 11 is 0. The zero-order valence-electron chi connectivity index (χ0n) is 8.15. The van der Waals surface area contributed by atoms with E-state index in [4.69, 9.17) is 10.5 Å². The Labute approximate surface area is 90.5 Å². The monoisotopic (exact) mass is 222 g/mol. The second kappa shape index (κ2) is 4.14. The molecule has 3 nitrogen and oxygen atoms in total. The van der Waals surface area contributed by atoms with Crippen molar-refractivity contribution in [2.45, 2.75) is 0 Å². The van der Waals surface area contributed by atoms with Gasteiger partial charge in [-0.2, -0.15) is 0 Å². The summed E-state index contributed by atoms with van der Waals surface area (Å²) in [7, 11) is 0. The van der Waals surface area contributed by atoms with Crippen molar-refractivity contribution in [1.82, 2.24) is 4.98 Å². The fourth-order valence-electron chi connectivity index (χ4n) is 1.12. The van der Waals surface area contributed by atoms with Gasteiger partial charge in [-0.05, 0) is 24.3 Å². The van der Waals surface area contributed by atoms with Crippen molar-refractivity contribution in [2.75, 3.05) is 5.73 Å². The summed E-state index contributed by atoms with van der Waals surface area (Å²) in [4.78, 5) is 3.49. The lowest BCUT2D eigenvalue weighted by molar-refractivity contribution is 0.417.